The van der Waals surface area contributed by atoms with E-state index in [4.69, 9.17) is 4.74 Å². The highest BCUT2D eigenvalue weighted by Gasteiger charge is 2.13. The molecule has 0 saturated carbocycles. The van der Waals surface area contributed by atoms with Crippen molar-refractivity contribution in [1.82, 2.24) is 9.55 Å². The first kappa shape index (κ1) is 22.2. The number of hydrogen-bond acceptors (Lipinski definition) is 5. The number of amides is 2. The molecule has 0 aliphatic rings. The lowest BCUT2D eigenvalue weighted by Gasteiger charge is -2.11. The van der Waals surface area contributed by atoms with Crippen molar-refractivity contribution in [2.24, 2.45) is 0 Å². The SMILES string of the molecule is COc1ccccc1NC(=O)CSc1nccn1-c1cccc(C(=O)Nc2ccccc2)c1. The van der Waals surface area contributed by atoms with Crippen LogP contribution in [0.4, 0.5) is 11.4 Å². The smallest absolute Gasteiger partial charge is 0.255 e. The first-order valence-corrected chi connectivity index (χ1v) is 11.2. The van der Waals surface area contributed by atoms with Crippen LogP contribution in [0.2, 0.25) is 0 Å². The summed E-state index contributed by atoms with van der Waals surface area (Å²) in [5.41, 5.74) is 2.65. The summed E-state index contributed by atoms with van der Waals surface area (Å²) in [5, 5.41) is 6.39. The van der Waals surface area contributed by atoms with Gasteiger partial charge in [-0.05, 0) is 42.5 Å². The Hall–Kier alpha value is -4.04. The molecule has 166 valence electrons. The second kappa shape index (κ2) is 10.5. The molecule has 0 unspecified atom stereocenters. The van der Waals surface area contributed by atoms with Gasteiger partial charge in [0.2, 0.25) is 5.91 Å². The molecule has 0 bridgehead atoms. The Bertz CT molecular complexity index is 1260. The normalized spacial score (nSPS) is 10.5. The van der Waals surface area contributed by atoms with E-state index in [-0.39, 0.29) is 17.6 Å². The number of carbonyl (C=O) groups is 2. The maximum absolute atomic E-state index is 12.7. The Morgan fingerprint density at radius 3 is 2.58 bits per heavy atom. The second-order valence-corrected chi connectivity index (χ2v) is 7.93. The lowest BCUT2D eigenvalue weighted by Crippen LogP contribution is -2.15. The third-order valence-corrected chi connectivity index (χ3v) is 5.71. The molecule has 7 nitrogen and oxygen atoms in total. The van der Waals surface area contributed by atoms with Crippen molar-refractivity contribution < 1.29 is 14.3 Å². The summed E-state index contributed by atoms with van der Waals surface area (Å²) in [7, 11) is 1.56. The summed E-state index contributed by atoms with van der Waals surface area (Å²) in [5.74, 6) is 0.398. The van der Waals surface area contributed by atoms with Gasteiger partial charge < -0.3 is 15.4 Å². The molecule has 1 aromatic heterocycles. The number of benzene rings is 3. The van der Waals surface area contributed by atoms with E-state index in [2.05, 4.69) is 15.6 Å². The van der Waals surface area contributed by atoms with E-state index in [1.807, 2.05) is 59.2 Å². The lowest BCUT2D eigenvalue weighted by molar-refractivity contribution is -0.113. The fourth-order valence-corrected chi connectivity index (χ4v) is 3.95. The van der Waals surface area contributed by atoms with Crippen LogP contribution in [0.15, 0.2) is 96.4 Å². The molecular formula is C25H22N4O3S. The van der Waals surface area contributed by atoms with Crippen molar-refractivity contribution in [1.29, 1.82) is 0 Å². The van der Waals surface area contributed by atoms with Gasteiger partial charge in [-0.2, -0.15) is 0 Å². The lowest BCUT2D eigenvalue weighted by atomic mass is 10.2. The van der Waals surface area contributed by atoms with Gasteiger partial charge in [0, 0.05) is 29.3 Å². The molecule has 0 atom stereocenters. The number of imidazole rings is 1. The van der Waals surface area contributed by atoms with Crippen LogP contribution in [0.3, 0.4) is 0 Å². The van der Waals surface area contributed by atoms with Crippen LogP contribution in [0.25, 0.3) is 5.69 Å². The predicted molar refractivity (Wildman–Crippen MR) is 130 cm³/mol. The number of carbonyl (C=O) groups excluding carboxylic acids is 2. The Balaban J connectivity index is 1.43. The number of aromatic nitrogens is 2. The quantitative estimate of drug-likeness (QED) is 0.368. The largest absolute Gasteiger partial charge is 0.495 e. The van der Waals surface area contributed by atoms with Crippen LogP contribution in [-0.2, 0) is 4.79 Å². The molecule has 0 aliphatic heterocycles. The van der Waals surface area contributed by atoms with Crippen LogP contribution >= 0.6 is 11.8 Å². The number of para-hydroxylation sites is 3. The highest BCUT2D eigenvalue weighted by atomic mass is 32.2. The van der Waals surface area contributed by atoms with Gasteiger partial charge in [-0.1, -0.05) is 48.2 Å². The van der Waals surface area contributed by atoms with Crippen molar-refractivity contribution >= 4 is 35.0 Å². The molecule has 0 fully saturated rings. The molecule has 0 aliphatic carbocycles. The predicted octanol–water partition coefficient (Wildman–Crippen LogP) is 4.86. The highest BCUT2D eigenvalue weighted by molar-refractivity contribution is 7.99. The van der Waals surface area contributed by atoms with Gasteiger partial charge in [0.15, 0.2) is 5.16 Å². The molecule has 33 heavy (non-hydrogen) atoms. The number of methoxy groups -OCH3 is 1. The maximum Gasteiger partial charge on any atom is 0.255 e. The molecule has 1 heterocycles. The van der Waals surface area contributed by atoms with Gasteiger partial charge in [0.05, 0.1) is 18.6 Å². The Morgan fingerprint density at radius 2 is 1.76 bits per heavy atom. The van der Waals surface area contributed by atoms with E-state index < -0.39 is 0 Å². The highest BCUT2D eigenvalue weighted by Crippen LogP contribution is 2.25. The van der Waals surface area contributed by atoms with Gasteiger partial charge in [-0.3, -0.25) is 14.2 Å². The summed E-state index contributed by atoms with van der Waals surface area (Å²) in [6, 6.07) is 23.8. The monoisotopic (exact) mass is 458 g/mol. The van der Waals surface area contributed by atoms with Crippen molar-refractivity contribution in [2.75, 3.05) is 23.5 Å². The maximum atomic E-state index is 12.7. The number of nitrogens with zero attached hydrogens (tertiary/aromatic N) is 2. The number of anilines is 2. The van der Waals surface area contributed by atoms with Crippen LogP contribution in [-0.4, -0.2) is 34.2 Å². The molecule has 4 rings (SSSR count). The number of nitrogens with one attached hydrogen (secondary N) is 2. The zero-order valence-corrected chi connectivity index (χ0v) is 18.7. The summed E-state index contributed by atoms with van der Waals surface area (Å²) >= 11 is 1.30. The fourth-order valence-electron chi connectivity index (χ4n) is 3.18. The van der Waals surface area contributed by atoms with E-state index in [9.17, 15) is 9.59 Å². The van der Waals surface area contributed by atoms with E-state index in [0.29, 0.717) is 22.2 Å². The first-order valence-electron chi connectivity index (χ1n) is 10.2. The minimum absolute atomic E-state index is 0.170. The second-order valence-electron chi connectivity index (χ2n) is 6.99. The Labute approximate surface area is 195 Å². The summed E-state index contributed by atoms with van der Waals surface area (Å²) in [6.07, 6.45) is 3.46. The number of thioether (sulfide) groups is 1. The molecule has 3 aromatic carbocycles. The summed E-state index contributed by atoms with van der Waals surface area (Å²) in [6.45, 7) is 0. The van der Waals surface area contributed by atoms with E-state index in [1.54, 1.807) is 43.8 Å². The topological polar surface area (TPSA) is 85.2 Å². The average Bonchev–Trinajstić information content (AvgIpc) is 3.32. The molecule has 2 amide bonds. The summed E-state index contributed by atoms with van der Waals surface area (Å²) < 4.78 is 7.12. The Kier molecular flexibility index (Phi) is 7.06. The first-order chi connectivity index (χ1) is 16.1. The van der Waals surface area contributed by atoms with Crippen molar-refractivity contribution in [3.8, 4) is 11.4 Å². The minimum Gasteiger partial charge on any atom is -0.495 e. The fraction of sp³-hybridized carbons (Fsp3) is 0.0800. The van der Waals surface area contributed by atoms with E-state index in [1.165, 1.54) is 11.8 Å². The van der Waals surface area contributed by atoms with Crippen LogP contribution in [0, 0.1) is 0 Å². The van der Waals surface area contributed by atoms with Crippen LogP contribution in [0.1, 0.15) is 10.4 Å². The number of hydrogen-bond donors (Lipinski definition) is 2. The molecule has 0 radical (unpaired) electrons. The van der Waals surface area contributed by atoms with E-state index in [0.717, 1.165) is 11.4 Å². The standard InChI is InChI=1S/C25H22N4O3S/c1-32-22-13-6-5-12-21(22)28-23(30)17-33-25-26-14-15-29(25)20-11-7-8-18(16-20)24(31)27-19-9-3-2-4-10-19/h2-16H,17H2,1H3,(H,27,31)(H,28,30). The molecule has 0 spiro atoms. The van der Waals surface area contributed by atoms with Gasteiger partial charge in [-0.15, -0.1) is 0 Å². The molecule has 8 heteroatoms. The minimum atomic E-state index is -0.200. The third kappa shape index (κ3) is 5.61. The van der Waals surface area contributed by atoms with Crippen molar-refractivity contribution in [3.05, 3.63) is 96.8 Å². The zero-order valence-electron chi connectivity index (χ0n) is 17.9. The van der Waals surface area contributed by atoms with Crippen LogP contribution in [0.5, 0.6) is 5.75 Å². The Morgan fingerprint density at radius 1 is 0.970 bits per heavy atom. The van der Waals surface area contributed by atoms with Gasteiger partial charge in [0.1, 0.15) is 5.75 Å². The van der Waals surface area contributed by atoms with Crippen molar-refractivity contribution in [2.45, 2.75) is 5.16 Å². The molecular weight excluding hydrogens is 436 g/mol. The molecule has 0 saturated heterocycles. The molecule has 4 aromatic rings. The van der Waals surface area contributed by atoms with Gasteiger partial charge >= 0.3 is 0 Å². The van der Waals surface area contributed by atoms with Crippen LogP contribution < -0.4 is 15.4 Å². The van der Waals surface area contributed by atoms with Crippen molar-refractivity contribution in [3.63, 3.8) is 0 Å². The number of rotatable bonds is 8. The van der Waals surface area contributed by atoms with Gasteiger partial charge in [0.25, 0.3) is 5.91 Å². The van der Waals surface area contributed by atoms with E-state index >= 15 is 0 Å². The average molecular weight is 459 g/mol. The summed E-state index contributed by atoms with van der Waals surface area (Å²) in [4.78, 5) is 29.5. The third-order valence-electron chi connectivity index (χ3n) is 4.74. The molecule has 2 N–H and O–H groups in total. The number of ether oxygens (including phenoxy) is 1. The van der Waals surface area contributed by atoms with Gasteiger partial charge in [-0.25, -0.2) is 4.98 Å². The zero-order chi connectivity index (χ0) is 23.0.